The first-order chi connectivity index (χ1) is 16.7. The van der Waals surface area contributed by atoms with Crippen LogP contribution in [0.1, 0.15) is 23.0 Å². The maximum atomic E-state index is 14.4. The molecule has 0 saturated heterocycles. The average molecular weight is 478 g/mol. The van der Waals surface area contributed by atoms with E-state index < -0.39 is 6.29 Å². The molecular weight excluding hydrogens is 453 g/mol. The number of methoxy groups -OCH3 is 1. The maximum absolute atomic E-state index is 14.4. The molecule has 0 spiro atoms. The van der Waals surface area contributed by atoms with E-state index in [-0.39, 0.29) is 12.4 Å². The van der Waals surface area contributed by atoms with Crippen molar-refractivity contribution in [3.63, 3.8) is 0 Å². The Morgan fingerprint density at radius 3 is 2.59 bits per heavy atom. The number of rotatable bonds is 8. The minimum absolute atomic E-state index is 0.284. The van der Waals surface area contributed by atoms with E-state index in [2.05, 4.69) is 10.2 Å². The molecule has 1 unspecified atom stereocenters. The summed E-state index contributed by atoms with van der Waals surface area (Å²) in [7, 11) is 1.67. The highest BCUT2D eigenvalue weighted by molar-refractivity contribution is 7.98. The van der Waals surface area contributed by atoms with E-state index in [9.17, 15) is 4.39 Å². The number of fused-ring (bicyclic) bond motifs is 1. The lowest BCUT2D eigenvalue weighted by Gasteiger charge is -2.28. The van der Waals surface area contributed by atoms with Gasteiger partial charge in [0.25, 0.3) is 0 Å². The Kier molecular flexibility index (Phi) is 6.89. The topological polar surface area (TPSA) is 58.4 Å². The molecule has 0 aliphatic carbocycles. The van der Waals surface area contributed by atoms with Gasteiger partial charge in [0.15, 0.2) is 11.0 Å². The largest absolute Gasteiger partial charge is 0.460 e. The second kappa shape index (κ2) is 10.4. The van der Waals surface area contributed by atoms with E-state index in [1.54, 1.807) is 7.11 Å². The van der Waals surface area contributed by atoms with Crippen LogP contribution in [0, 0.1) is 5.82 Å². The molecule has 0 N–H and O–H groups in total. The van der Waals surface area contributed by atoms with Crippen molar-refractivity contribution in [2.24, 2.45) is 0 Å². The third kappa shape index (κ3) is 4.84. The van der Waals surface area contributed by atoms with Crippen LogP contribution >= 0.6 is 11.8 Å². The maximum Gasteiger partial charge on any atom is 0.227 e. The molecule has 0 amide bonds. The average Bonchev–Trinajstić information content (AvgIpc) is 3.29. The van der Waals surface area contributed by atoms with E-state index in [1.165, 1.54) is 23.9 Å². The molecular formula is C26H24FN3O3S. The molecule has 0 fully saturated rings. The van der Waals surface area contributed by atoms with E-state index in [0.29, 0.717) is 30.2 Å². The highest BCUT2D eigenvalue weighted by atomic mass is 32.2. The smallest absolute Gasteiger partial charge is 0.227 e. The Balaban J connectivity index is 1.41. The second-order valence-electron chi connectivity index (χ2n) is 7.83. The van der Waals surface area contributed by atoms with Gasteiger partial charge in [0.2, 0.25) is 6.29 Å². The van der Waals surface area contributed by atoms with Crippen molar-refractivity contribution in [3.05, 3.63) is 95.3 Å². The fourth-order valence-corrected chi connectivity index (χ4v) is 4.81. The van der Waals surface area contributed by atoms with Crippen LogP contribution in [0.3, 0.4) is 0 Å². The molecule has 3 aromatic carbocycles. The number of thioether (sulfide) groups is 1. The number of nitrogens with zero attached hydrogens (tertiary/aromatic N) is 3. The van der Waals surface area contributed by atoms with E-state index in [4.69, 9.17) is 14.2 Å². The summed E-state index contributed by atoms with van der Waals surface area (Å²) >= 11 is 1.49. The number of benzene rings is 3. The lowest BCUT2D eigenvalue weighted by molar-refractivity contribution is -0.112. The molecule has 0 radical (unpaired) electrons. The van der Waals surface area contributed by atoms with Gasteiger partial charge in [-0.2, -0.15) is 0 Å². The summed E-state index contributed by atoms with van der Waals surface area (Å²) in [6.45, 7) is 1.42. The van der Waals surface area contributed by atoms with Crippen LogP contribution in [0.5, 0.6) is 5.75 Å². The van der Waals surface area contributed by atoms with Crippen LogP contribution in [-0.2, 0) is 28.4 Å². The fraction of sp³-hybridized carbons (Fsp3) is 0.231. The van der Waals surface area contributed by atoms with Gasteiger partial charge >= 0.3 is 0 Å². The summed E-state index contributed by atoms with van der Waals surface area (Å²) in [5.74, 6) is 1.60. The zero-order chi connectivity index (χ0) is 23.3. The molecule has 0 bridgehead atoms. The van der Waals surface area contributed by atoms with Crippen LogP contribution in [0.4, 0.5) is 4.39 Å². The minimum Gasteiger partial charge on any atom is -0.460 e. The van der Waals surface area contributed by atoms with Crippen molar-refractivity contribution >= 4 is 11.8 Å². The normalized spacial score (nSPS) is 15.1. The summed E-state index contributed by atoms with van der Waals surface area (Å²) < 4.78 is 33.8. The zero-order valence-electron chi connectivity index (χ0n) is 18.7. The van der Waals surface area contributed by atoms with Gasteiger partial charge in [-0.25, -0.2) is 4.39 Å². The van der Waals surface area contributed by atoms with Gasteiger partial charge in [0.05, 0.1) is 19.8 Å². The van der Waals surface area contributed by atoms with Crippen molar-refractivity contribution in [2.45, 2.75) is 30.4 Å². The van der Waals surface area contributed by atoms with Gasteiger partial charge in [0.1, 0.15) is 11.6 Å². The predicted molar refractivity (Wildman–Crippen MR) is 128 cm³/mol. The van der Waals surface area contributed by atoms with Gasteiger partial charge in [-0.15, -0.1) is 10.2 Å². The molecule has 1 aliphatic heterocycles. The summed E-state index contributed by atoms with van der Waals surface area (Å²) in [5.41, 5.74) is 3.36. The van der Waals surface area contributed by atoms with Crippen LogP contribution in [0.2, 0.25) is 0 Å². The lowest BCUT2D eigenvalue weighted by Crippen LogP contribution is -2.19. The van der Waals surface area contributed by atoms with Crippen LogP contribution in [0.25, 0.3) is 11.4 Å². The first-order valence-electron chi connectivity index (χ1n) is 11.0. The van der Waals surface area contributed by atoms with Crippen molar-refractivity contribution < 1.29 is 18.6 Å². The minimum atomic E-state index is -0.530. The molecule has 5 rings (SSSR count). The molecule has 0 saturated carbocycles. The van der Waals surface area contributed by atoms with Gasteiger partial charge in [-0.3, -0.25) is 4.57 Å². The Hall–Kier alpha value is -3.20. The third-order valence-electron chi connectivity index (χ3n) is 5.52. The second-order valence-corrected chi connectivity index (χ2v) is 8.77. The van der Waals surface area contributed by atoms with Crippen molar-refractivity contribution in [2.75, 3.05) is 13.7 Å². The predicted octanol–water partition coefficient (Wildman–Crippen LogP) is 5.63. The molecule has 2 heterocycles. The molecule has 174 valence electrons. The zero-order valence-corrected chi connectivity index (χ0v) is 19.5. The quantitative estimate of drug-likeness (QED) is 0.307. The van der Waals surface area contributed by atoms with Gasteiger partial charge in [0, 0.05) is 35.1 Å². The molecule has 34 heavy (non-hydrogen) atoms. The summed E-state index contributed by atoms with van der Waals surface area (Å²) in [5, 5.41) is 9.57. The number of aromatic nitrogens is 3. The Morgan fingerprint density at radius 1 is 1.06 bits per heavy atom. The monoisotopic (exact) mass is 477 g/mol. The van der Waals surface area contributed by atoms with Gasteiger partial charge in [-0.05, 0) is 12.1 Å². The molecule has 8 heteroatoms. The highest BCUT2D eigenvalue weighted by Crippen LogP contribution is 2.39. The van der Waals surface area contributed by atoms with Gasteiger partial charge in [-0.1, -0.05) is 72.4 Å². The summed E-state index contributed by atoms with van der Waals surface area (Å²) in [6.07, 6.45) is -0.530. The lowest BCUT2D eigenvalue weighted by atomic mass is 10.1. The first kappa shape index (κ1) is 22.6. The Labute approximate surface area is 201 Å². The fourth-order valence-electron chi connectivity index (χ4n) is 3.88. The first-order valence-corrected chi connectivity index (χ1v) is 12.0. The van der Waals surface area contributed by atoms with Crippen LogP contribution in [0.15, 0.2) is 78.0 Å². The summed E-state index contributed by atoms with van der Waals surface area (Å²) in [4.78, 5) is 0. The molecule has 1 aromatic heterocycles. The molecule has 6 nitrogen and oxygen atoms in total. The number of hydrogen-bond donors (Lipinski definition) is 0. The third-order valence-corrected chi connectivity index (χ3v) is 6.53. The van der Waals surface area contributed by atoms with Crippen molar-refractivity contribution in [1.29, 1.82) is 0 Å². The van der Waals surface area contributed by atoms with E-state index in [0.717, 1.165) is 27.7 Å². The summed E-state index contributed by atoms with van der Waals surface area (Å²) in [6, 6.07) is 22.6. The van der Waals surface area contributed by atoms with Crippen LogP contribution in [-0.4, -0.2) is 28.5 Å². The number of hydrogen-bond acceptors (Lipinski definition) is 6. The highest BCUT2D eigenvalue weighted by Gasteiger charge is 2.25. The van der Waals surface area contributed by atoms with Crippen molar-refractivity contribution in [1.82, 2.24) is 14.8 Å². The molecule has 1 atom stereocenters. The van der Waals surface area contributed by atoms with E-state index in [1.807, 2.05) is 65.2 Å². The van der Waals surface area contributed by atoms with Gasteiger partial charge < -0.3 is 14.2 Å². The van der Waals surface area contributed by atoms with Crippen molar-refractivity contribution in [3.8, 4) is 17.1 Å². The van der Waals surface area contributed by atoms with Crippen LogP contribution < -0.4 is 4.74 Å². The number of halogens is 1. The molecule has 4 aromatic rings. The molecule has 1 aliphatic rings. The van der Waals surface area contributed by atoms with E-state index >= 15 is 0 Å². The Bertz CT molecular complexity index is 1250. The Morgan fingerprint density at radius 2 is 1.82 bits per heavy atom. The standard InChI is InChI=1S/C26H24FN3O3S/c1-31-13-12-30-24(18-8-4-2-5-9-18)28-29-26(30)34-17-21-15-22(27)14-20-16-32-25(33-23(20)21)19-10-6-3-7-11-19/h2-11,14-15,25H,12-13,16-17H2,1H3. The SMILES string of the molecule is COCCn1c(SCc2cc(F)cc3c2OC(c2ccccc2)OC3)nnc1-c1ccccc1. The number of ether oxygens (including phenoxy) is 3.